The molecule has 0 spiro atoms. The molecular formula is C18H19ClN4O. The molecule has 5 nitrogen and oxygen atoms in total. The average Bonchev–Trinajstić information content (AvgIpc) is 2.91. The van der Waals surface area contributed by atoms with Gasteiger partial charge in [0.25, 0.3) is 0 Å². The van der Waals surface area contributed by atoms with Crippen molar-refractivity contribution < 1.29 is 5.11 Å². The number of rotatable bonds is 6. The largest absolute Gasteiger partial charge is 0.387 e. The number of halogens is 1. The molecule has 3 aromatic rings. The highest BCUT2D eigenvalue weighted by atomic mass is 35.5. The van der Waals surface area contributed by atoms with Gasteiger partial charge in [-0.25, -0.2) is 0 Å². The Hall–Kier alpha value is -2.21. The number of nitrogens with zero attached hydrogens (tertiary/aromatic N) is 3. The fourth-order valence-electron chi connectivity index (χ4n) is 2.57. The second kappa shape index (κ2) is 7.57. The molecule has 0 saturated carbocycles. The highest BCUT2D eigenvalue weighted by Gasteiger charge is 2.16. The molecule has 0 aliphatic heterocycles. The molecule has 0 aliphatic rings. The minimum atomic E-state index is -0.594. The predicted molar refractivity (Wildman–Crippen MR) is 94.6 cm³/mol. The van der Waals surface area contributed by atoms with Gasteiger partial charge in [-0.15, -0.1) is 0 Å². The van der Waals surface area contributed by atoms with E-state index >= 15 is 0 Å². The van der Waals surface area contributed by atoms with Crippen molar-refractivity contribution in [3.05, 3.63) is 71.1 Å². The number of nitrogens with one attached hydrogen (secondary N) is 1. The van der Waals surface area contributed by atoms with Crippen LogP contribution in [0.5, 0.6) is 0 Å². The van der Waals surface area contributed by atoms with Crippen molar-refractivity contribution in [1.29, 1.82) is 0 Å². The summed E-state index contributed by atoms with van der Waals surface area (Å²) < 4.78 is 1.67. The number of aliphatic hydroxyl groups is 1. The number of aryl methyl sites for hydroxylation is 1. The van der Waals surface area contributed by atoms with Crippen LogP contribution in [0.4, 0.5) is 0 Å². The van der Waals surface area contributed by atoms with Crippen LogP contribution in [0.15, 0.2) is 54.9 Å². The Balaban J connectivity index is 1.71. The van der Waals surface area contributed by atoms with E-state index in [4.69, 9.17) is 11.6 Å². The van der Waals surface area contributed by atoms with Gasteiger partial charge in [0.1, 0.15) is 5.15 Å². The Labute approximate surface area is 145 Å². The molecule has 0 aliphatic carbocycles. The maximum atomic E-state index is 10.2. The third-order valence-electron chi connectivity index (χ3n) is 3.85. The SMILES string of the molecule is Cn1nc(-c2ccccc2)c(CNCC(O)c2ccncc2)c1Cl. The molecular weight excluding hydrogens is 324 g/mol. The number of benzene rings is 1. The minimum Gasteiger partial charge on any atom is -0.387 e. The highest BCUT2D eigenvalue weighted by Crippen LogP contribution is 2.28. The molecule has 2 heterocycles. The Bertz CT molecular complexity index is 790. The first-order chi connectivity index (χ1) is 11.7. The molecule has 0 bridgehead atoms. The minimum absolute atomic E-state index is 0.420. The van der Waals surface area contributed by atoms with Crippen molar-refractivity contribution >= 4 is 11.6 Å². The van der Waals surface area contributed by atoms with Gasteiger partial charge in [0, 0.05) is 43.7 Å². The van der Waals surface area contributed by atoms with Crippen LogP contribution in [0.2, 0.25) is 5.15 Å². The van der Waals surface area contributed by atoms with Gasteiger partial charge in [-0.3, -0.25) is 9.67 Å². The van der Waals surface area contributed by atoms with Crippen molar-refractivity contribution in [3.63, 3.8) is 0 Å². The summed E-state index contributed by atoms with van der Waals surface area (Å²) in [5.41, 5.74) is 3.63. The van der Waals surface area contributed by atoms with Gasteiger partial charge in [-0.05, 0) is 17.7 Å². The van der Waals surface area contributed by atoms with Crippen molar-refractivity contribution in [2.24, 2.45) is 7.05 Å². The van der Waals surface area contributed by atoms with Crippen molar-refractivity contribution in [2.45, 2.75) is 12.6 Å². The van der Waals surface area contributed by atoms with Gasteiger partial charge in [0.05, 0.1) is 11.8 Å². The van der Waals surface area contributed by atoms with Gasteiger partial charge in [-0.1, -0.05) is 41.9 Å². The van der Waals surface area contributed by atoms with E-state index < -0.39 is 6.10 Å². The first kappa shape index (κ1) is 16.6. The second-order valence-corrected chi connectivity index (χ2v) is 5.89. The van der Waals surface area contributed by atoms with Crippen LogP contribution in [-0.2, 0) is 13.6 Å². The molecule has 3 rings (SSSR count). The van der Waals surface area contributed by atoms with E-state index in [0.717, 1.165) is 22.4 Å². The van der Waals surface area contributed by atoms with Gasteiger partial charge in [0.15, 0.2) is 0 Å². The number of pyridine rings is 1. The molecule has 1 atom stereocenters. The number of aromatic nitrogens is 3. The van der Waals surface area contributed by atoms with Gasteiger partial charge in [-0.2, -0.15) is 5.10 Å². The van der Waals surface area contributed by atoms with Crippen LogP contribution in [-0.4, -0.2) is 26.4 Å². The molecule has 0 radical (unpaired) electrons. The Kier molecular flexibility index (Phi) is 5.25. The molecule has 1 aromatic carbocycles. The summed E-state index contributed by atoms with van der Waals surface area (Å²) >= 11 is 6.39. The summed E-state index contributed by atoms with van der Waals surface area (Å²) in [6.07, 6.45) is 2.75. The Morgan fingerprint density at radius 1 is 1.17 bits per heavy atom. The van der Waals surface area contributed by atoms with Crippen molar-refractivity contribution in [3.8, 4) is 11.3 Å². The van der Waals surface area contributed by atoms with Crippen LogP contribution in [0.3, 0.4) is 0 Å². The summed E-state index contributed by atoms with van der Waals surface area (Å²) in [4.78, 5) is 3.96. The van der Waals surface area contributed by atoms with Gasteiger partial charge >= 0.3 is 0 Å². The zero-order chi connectivity index (χ0) is 16.9. The lowest BCUT2D eigenvalue weighted by molar-refractivity contribution is 0.174. The molecule has 1 unspecified atom stereocenters. The first-order valence-electron chi connectivity index (χ1n) is 7.72. The lowest BCUT2D eigenvalue weighted by Gasteiger charge is -2.12. The van der Waals surface area contributed by atoms with E-state index in [0.29, 0.717) is 18.2 Å². The molecule has 0 saturated heterocycles. The van der Waals surface area contributed by atoms with E-state index in [1.807, 2.05) is 37.4 Å². The third kappa shape index (κ3) is 3.64. The fraction of sp³-hybridized carbons (Fsp3) is 0.222. The molecule has 0 amide bonds. The van der Waals surface area contributed by atoms with E-state index in [2.05, 4.69) is 15.4 Å². The number of hydrogen-bond donors (Lipinski definition) is 2. The molecule has 0 fully saturated rings. The second-order valence-electron chi connectivity index (χ2n) is 5.53. The van der Waals surface area contributed by atoms with Crippen LogP contribution >= 0.6 is 11.6 Å². The van der Waals surface area contributed by atoms with Crippen LogP contribution in [0.1, 0.15) is 17.2 Å². The standard InChI is InChI=1S/C18H19ClN4O/c1-23-18(19)15(17(22-23)14-5-3-2-4-6-14)11-21-12-16(24)13-7-9-20-10-8-13/h2-10,16,21,24H,11-12H2,1H3. The Morgan fingerprint density at radius 2 is 1.88 bits per heavy atom. The maximum absolute atomic E-state index is 10.2. The normalized spacial score (nSPS) is 12.3. The van der Waals surface area contributed by atoms with E-state index in [1.54, 1.807) is 29.2 Å². The van der Waals surface area contributed by atoms with E-state index in [1.165, 1.54) is 0 Å². The number of hydrogen-bond acceptors (Lipinski definition) is 4. The first-order valence-corrected chi connectivity index (χ1v) is 8.10. The third-order valence-corrected chi connectivity index (χ3v) is 4.32. The zero-order valence-electron chi connectivity index (χ0n) is 13.4. The molecule has 24 heavy (non-hydrogen) atoms. The van der Waals surface area contributed by atoms with Crippen LogP contribution in [0, 0.1) is 0 Å². The van der Waals surface area contributed by atoms with Gasteiger partial charge in [0.2, 0.25) is 0 Å². The fourth-order valence-corrected chi connectivity index (χ4v) is 2.76. The van der Waals surface area contributed by atoms with Gasteiger partial charge < -0.3 is 10.4 Å². The van der Waals surface area contributed by atoms with Crippen molar-refractivity contribution in [1.82, 2.24) is 20.1 Å². The smallest absolute Gasteiger partial charge is 0.131 e. The maximum Gasteiger partial charge on any atom is 0.131 e. The van der Waals surface area contributed by atoms with E-state index in [9.17, 15) is 5.11 Å². The number of aliphatic hydroxyl groups excluding tert-OH is 1. The Morgan fingerprint density at radius 3 is 2.58 bits per heavy atom. The van der Waals surface area contributed by atoms with E-state index in [-0.39, 0.29) is 0 Å². The quantitative estimate of drug-likeness (QED) is 0.723. The highest BCUT2D eigenvalue weighted by molar-refractivity contribution is 6.30. The summed E-state index contributed by atoms with van der Waals surface area (Å²) in [5, 5.41) is 18.6. The molecule has 6 heteroatoms. The molecule has 124 valence electrons. The van der Waals surface area contributed by atoms with Crippen LogP contribution in [0.25, 0.3) is 11.3 Å². The van der Waals surface area contributed by atoms with Crippen molar-refractivity contribution in [2.75, 3.05) is 6.54 Å². The summed E-state index contributed by atoms with van der Waals surface area (Å²) in [6.45, 7) is 0.947. The lowest BCUT2D eigenvalue weighted by atomic mass is 10.1. The zero-order valence-corrected chi connectivity index (χ0v) is 14.1. The summed E-state index contributed by atoms with van der Waals surface area (Å²) in [7, 11) is 1.82. The molecule has 2 aromatic heterocycles. The summed E-state index contributed by atoms with van der Waals surface area (Å²) in [6, 6.07) is 13.5. The average molecular weight is 343 g/mol. The summed E-state index contributed by atoms with van der Waals surface area (Å²) in [5.74, 6) is 0. The predicted octanol–water partition coefficient (Wildman–Crippen LogP) is 2.96. The topological polar surface area (TPSA) is 63.0 Å². The monoisotopic (exact) mass is 342 g/mol. The molecule has 2 N–H and O–H groups in total. The van der Waals surface area contributed by atoms with Crippen LogP contribution < -0.4 is 5.32 Å². The lowest BCUT2D eigenvalue weighted by Crippen LogP contribution is -2.21.